The van der Waals surface area contributed by atoms with Gasteiger partial charge in [-0.2, -0.15) is 0 Å². The summed E-state index contributed by atoms with van der Waals surface area (Å²) in [5.41, 5.74) is 2.03. The monoisotopic (exact) mass is 625 g/mol. The lowest BCUT2D eigenvalue weighted by molar-refractivity contribution is -0.140. The number of nitrogens with zero attached hydrogens (tertiary/aromatic N) is 2. The van der Waals surface area contributed by atoms with Crippen LogP contribution in [0.2, 0.25) is 5.02 Å². The molecule has 1 aliphatic carbocycles. The first kappa shape index (κ1) is 32.4. The minimum Gasteiger partial charge on any atom is -0.495 e. The third-order valence-corrected chi connectivity index (χ3v) is 9.84. The van der Waals surface area contributed by atoms with Crippen LogP contribution in [-0.4, -0.2) is 50.9 Å². The summed E-state index contributed by atoms with van der Waals surface area (Å²) in [4.78, 5) is 29.5. The minimum absolute atomic E-state index is 0.0111. The summed E-state index contributed by atoms with van der Waals surface area (Å²) in [6.45, 7) is 3.41. The van der Waals surface area contributed by atoms with Gasteiger partial charge in [-0.15, -0.1) is 0 Å². The third-order valence-electron chi connectivity index (χ3n) is 7.83. The number of ether oxygens (including phenoxy) is 1. The number of nitrogens with one attached hydrogen (secondary N) is 1. The molecule has 1 saturated carbocycles. The van der Waals surface area contributed by atoms with E-state index < -0.39 is 28.5 Å². The van der Waals surface area contributed by atoms with E-state index in [-0.39, 0.29) is 39.8 Å². The number of hydrogen-bond acceptors (Lipinski definition) is 5. The molecule has 3 aromatic carbocycles. The summed E-state index contributed by atoms with van der Waals surface area (Å²) >= 11 is 6.31. The van der Waals surface area contributed by atoms with E-state index in [1.165, 1.54) is 30.2 Å². The number of rotatable bonds is 12. The lowest BCUT2D eigenvalue weighted by Crippen LogP contribution is -2.54. The minimum atomic E-state index is -4.24. The van der Waals surface area contributed by atoms with Crippen molar-refractivity contribution in [3.05, 3.63) is 88.9 Å². The van der Waals surface area contributed by atoms with Crippen molar-refractivity contribution >= 4 is 39.1 Å². The topological polar surface area (TPSA) is 96.0 Å². The normalized spacial score (nSPS) is 14.5. The molecule has 2 amide bonds. The first-order chi connectivity index (χ1) is 20.6. The molecule has 1 atom stereocenters. The highest BCUT2D eigenvalue weighted by atomic mass is 35.5. The summed E-state index contributed by atoms with van der Waals surface area (Å²) in [6, 6.07) is 19.5. The number of halogens is 1. The van der Waals surface area contributed by atoms with Crippen LogP contribution in [0, 0.1) is 6.92 Å². The maximum atomic E-state index is 14.3. The second-order valence-electron chi connectivity index (χ2n) is 10.9. The molecule has 0 aliphatic heterocycles. The SMILES string of the molecule is CC[C@H](C(=O)NC1CCCCC1)N(Cc1ccc(C)cc1)C(=O)CN(c1cc(Cl)ccc1OC)S(=O)(=O)c1ccccc1. The first-order valence-corrected chi connectivity index (χ1v) is 16.5. The third kappa shape index (κ3) is 8.09. The number of methoxy groups -OCH3 is 1. The number of carbonyl (C=O) groups excluding carboxylic acids is 2. The molecule has 1 N–H and O–H groups in total. The van der Waals surface area contributed by atoms with Crippen molar-refractivity contribution in [2.75, 3.05) is 18.0 Å². The summed E-state index contributed by atoms with van der Waals surface area (Å²) in [5, 5.41) is 3.45. The van der Waals surface area contributed by atoms with Crippen molar-refractivity contribution in [3.63, 3.8) is 0 Å². The molecule has 0 saturated heterocycles. The van der Waals surface area contributed by atoms with Crippen LogP contribution in [0.25, 0.3) is 0 Å². The van der Waals surface area contributed by atoms with E-state index in [4.69, 9.17) is 16.3 Å². The number of amides is 2. The van der Waals surface area contributed by atoms with Gasteiger partial charge >= 0.3 is 0 Å². The van der Waals surface area contributed by atoms with Gasteiger partial charge in [0.1, 0.15) is 18.3 Å². The molecule has 4 rings (SSSR count). The van der Waals surface area contributed by atoms with E-state index in [0.717, 1.165) is 47.5 Å². The predicted molar refractivity (Wildman–Crippen MR) is 170 cm³/mol. The number of benzene rings is 3. The van der Waals surface area contributed by atoms with Gasteiger partial charge < -0.3 is 15.0 Å². The van der Waals surface area contributed by atoms with Crippen molar-refractivity contribution in [1.82, 2.24) is 10.2 Å². The van der Waals surface area contributed by atoms with Crippen molar-refractivity contribution in [1.29, 1.82) is 0 Å². The van der Waals surface area contributed by atoms with Gasteiger partial charge in [0.15, 0.2) is 0 Å². The molecule has 8 nitrogen and oxygen atoms in total. The maximum Gasteiger partial charge on any atom is 0.264 e. The number of sulfonamides is 1. The average Bonchev–Trinajstić information content (AvgIpc) is 3.01. The molecular weight excluding hydrogens is 586 g/mol. The van der Waals surface area contributed by atoms with Gasteiger partial charge in [0.05, 0.1) is 17.7 Å². The van der Waals surface area contributed by atoms with E-state index in [2.05, 4.69) is 5.32 Å². The van der Waals surface area contributed by atoms with Gasteiger partial charge in [-0.25, -0.2) is 8.42 Å². The van der Waals surface area contributed by atoms with Crippen LogP contribution in [0.4, 0.5) is 5.69 Å². The fourth-order valence-corrected chi connectivity index (χ4v) is 7.05. The van der Waals surface area contributed by atoms with Crippen LogP contribution >= 0.6 is 11.6 Å². The van der Waals surface area contributed by atoms with Gasteiger partial charge in [0.2, 0.25) is 11.8 Å². The number of carbonyl (C=O) groups is 2. The number of aryl methyl sites for hydroxylation is 1. The van der Waals surface area contributed by atoms with Crippen LogP contribution in [0.5, 0.6) is 5.75 Å². The van der Waals surface area contributed by atoms with Gasteiger partial charge in [-0.1, -0.05) is 85.8 Å². The Morgan fingerprint density at radius 2 is 1.67 bits per heavy atom. The fourth-order valence-electron chi connectivity index (χ4n) is 5.45. The first-order valence-electron chi connectivity index (χ1n) is 14.7. The van der Waals surface area contributed by atoms with Gasteiger partial charge in [-0.05, 0) is 62.1 Å². The summed E-state index contributed by atoms with van der Waals surface area (Å²) in [7, 11) is -2.81. The Bertz CT molecular complexity index is 1490. The van der Waals surface area contributed by atoms with Crippen molar-refractivity contribution in [3.8, 4) is 5.75 Å². The molecule has 0 bridgehead atoms. The second kappa shape index (κ2) is 14.8. The molecular formula is C33H40ClN3O5S. The standard InChI is InChI=1S/C33H40ClN3O5S/c1-4-29(33(39)35-27-11-7-5-8-12-27)36(22-25-17-15-24(2)16-18-25)32(38)23-37(30-21-26(34)19-20-31(30)42-3)43(40,41)28-13-9-6-10-14-28/h6,9-10,13-21,27,29H,4-5,7-8,11-12,22-23H2,1-3H3,(H,35,39)/t29-/m1/s1. The predicted octanol–water partition coefficient (Wildman–Crippen LogP) is 6.11. The van der Waals surface area contributed by atoms with Gasteiger partial charge in [0.25, 0.3) is 10.0 Å². The molecule has 0 radical (unpaired) electrons. The zero-order valence-electron chi connectivity index (χ0n) is 25.0. The van der Waals surface area contributed by atoms with Gasteiger partial charge in [0, 0.05) is 17.6 Å². The van der Waals surface area contributed by atoms with Crippen LogP contribution in [0.3, 0.4) is 0 Å². The Kier molecular flexibility index (Phi) is 11.1. The Labute approximate surface area is 260 Å². The molecule has 0 heterocycles. The van der Waals surface area contributed by atoms with Crippen LogP contribution in [-0.2, 0) is 26.2 Å². The van der Waals surface area contributed by atoms with E-state index in [0.29, 0.717) is 6.42 Å². The Morgan fingerprint density at radius 1 is 1.00 bits per heavy atom. The summed E-state index contributed by atoms with van der Waals surface area (Å²) in [5.74, 6) is -0.510. The second-order valence-corrected chi connectivity index (χ2v) is 13.2. The highest BCUT2D eigenvalue weighted by Gasteiger charge is 2.35. The molecule has 1 fully saturated rings. The van der Waals surface area contributed by atoms with Crippen LogP contribution < -0.4 is 14.4 Å². The quantitative estimate of drug-likeness (QED) is 0.262. The Hall–Kier alpha value is -3.56. The van der Waals surface area contributed by atoms with Crippen molar-refractivity contribution in [2.45, 2.75) is 75.9 Å². The van der Waals surface area contributed by atoms with Crippen molar-refractivity contribution in [2.24, 2.45) is 0 Å². The molecule has 0 aromatic heterocycles. The lowest BCUT2D eigenvalue weighted by Gasteiger charge is -2.34. The molecule has 230 valence electrons. The molecule has 0 spiro atoms. The largest absolute Gasteiger partial charge is 0.495 e. The Balaban J connectivity index is 1.74. The van der Waals surface area contributed by atoms with Crippen LogP contribution in [0.1, 0.15) is 56.6 Å². The number of hydrogen-bond donors (Lipinski definition) is 1. The van der Waals surface area contributed by atoms with E-state index >= 15 is 0 Å². The molecule has 0 unspecified atom stereocenters. The number of anilines is 1. The molecule has 1 aliphatic rings. The Morgan fingerprint density at radius 3 is 2.30 bits per heavy atom. The average molecular weight is 626 g/mol. The zero-order chi connectivity index (χ0) is 31.0. The molecule has 10 heteroatoms. The van der Waals surface area contributed by atoms with Gasteiger partial charge in [-0.3, -0.25) is 13.9 Å². The van der Waals surface area contributed by atoms with E-state index in [1.807, 2.05) is 38.1 Å². The lowest BCUT2D eigenvalue weighted by atomic mass is 9.95. The van der Waals surface area contributed by atoms with Crippen LogP contribution in [0.15, 0.2) is 77.7 Å². The highest BCUT2D eigenvalue weighted by Crippen LogP contribution is 2.35. The maximum absolute atomic E-state index is 14.3. The van der Waals surface area contributed by atoms with E-state index in [1.54, 1.807) is 30.3 Å². The summed E-state index contributed by atoms with van der Waals surface area (Å²) < 4.78 is 34.7. The highest BCUT2D eigenvalue weighted by molar-refractivity contribution is 7.92. The fraction of sp³-hybridized carbons (Fsp3) is 0.394. The smallest absolute Gasteiger partial charge is 0.264 e. The zero-order valence-corrected chi connectivity index (χ0v) is 26.5. The molecule has 3 aromatic rings. The summed E-state index contributed by atoms with van der Waals surface area (Å²) in [6.07, 6.45) is 5.45. The van der Waals surface area contributed by atoms with E-state index in [9.17, 15) is 18.0 Å². The molecule has 43 heavy (non-hydrogen) atoms. The van der Waals surface area contributed by atoms with Crippen molar-refractivity contribution < 1.29 is 22.7 Å².